The molecule has 8 nitrogen and oxygen atoms in total. The maximum Gasteiger partial charge on any atom is 0.283 e. The van der Waals surface area contributed by atoms with Crippen LogP contribution in [0.15, 0.2) is 66.5 Å². The van der Waals surface area contributed by atoms with Gasteiger partial charge in [0.2, 0.25) is 19.4 Å². The minimum atomic E-state index is -3.57. The van der Waals surface area contributed by atoms with E-state index >= 15 is 0 Å². The number of aliphatic imine (C=N–C) groups is 1. The van der Waals surface area contributed by atoms with Crippen LogP contribution in [-0.2, 0) is 14.6 Å². The van der Waals surface area contributed by atoms with E-state index in [1.54, 1.807) is 24.3 Å². The normalized spacial score (nSPS) is 18.1. The number of furan rings is 1. The van der Waals surface area contributed by atoms with Crippen molar-refractivity contribution >= 4 is 72.3 Å². The molecule has 1 aromatic heterocycles. The smallest absolute Gasteiger partial charge is 0.283 e. The average Bonchev–Trinajstić information content (AvgIpc) is 3.27. The number of carbonyl (C=O) groups is 1. The third-order valence-corrected chi connectivity index (χ3v) is 7.43. The van der Waals surface area contributed by atoms with Crippen LogP contribution in [-0.4, -0.2) is 41.0 Å². The first-order chi connectivity index (χ1) is 13.7. The molecule has 2 aliphatic heterocycles. The first-order valence-electron chi connectivity index (χ1n) is 7.94. The Morgan fingerprint density at radius 3 is 2.66 bits per heavy atom. The molecule has 0 fully saturated rings. The van der Waals surface area contributed by atoms with Gasteiger partial charge in [0.25, 0.3) is 5.91 Å². The van der Waals surface area contributed by atoms with Crippen LogP contribution in [0, 0.1) is 5.41 Å². The highest BCUT2D eigenvalue weighted by atomic mass is 35.5. The summed E-state index contributed by atoms with van der Waals surface area (Å²) in [6, 6.07) is 10.6. The van der Waals surface area contributed by atoms with Gasteiger partial charge in [0.15, 0.2) is 10.9 Å². The Morgan fingerprint density at radius 2 is 1.97 bits per heavy atom. The van der Waals surface area contributed by atoms with Crippen molar-refractivity contribution in [3.63, 3.8) is 0 Å². The predicted octanol–water partition coefficient (Wildman–Crippen LogP) is 3.71. The third-order valence-electron chi connectivity index (χ3n) is 3.67. The SMILES string of the molecule is CS(=O)(=O)C1=NN2C(=N)/C(=C\c3ccc(Sc4ccc(Cl)cc4)o3)C(=O)N=C2S1. The molecule has 0 atom stereocenters. The van der Waals surface area contributed by atoms with Gasteiger partial charge in [-0.1, -0.05) is 23.4 Å². The summed E-state index contributed by atoms with van der Waals surface area (Å²) in [5, 5.41) is 14.4. The molecule has 0 unspecified atom stereocenters. The minimum absolute atomic E-state index is 0.0380. The van der Waals surface area contributed by atoms with Crippen molar-refractivity contribution in [3.8, 4) is 0 Å². The highest BCUT2D eigenvalue weighted by Crippen LogP contribution is 2.32. The van der Waals surface area contributed by atoms with Gasteiger partial charge in [0.1, 0.15) is 5.76 Å². The summed E-state index contributed by atoms with van der Waals surface area (Å²) in [7, 11) is -3.57. The summed E-state index contributed by atoms with van der Waals surface area (Å²) < 4.78 is 28.9. The van der Waals surface area contributed by atoms with Gasteiger partial charge in [-0.05, 0) is 54.2 Å². The van der Waals surface area contributed by atoms with E-state index in [1.165, 1.54) is 17.8 Å². The number of sulfone groups is 1. The molecule has 1 amide bonds. The highest BCUT2D eigenvalue weighted by Gasteiger charge is 2.38. The first-order valence-corrected chi connectivity index (χ1v) is 11.8. The number of halogens is 1. The molecule has 0 saturated carbocycles. The largest absolute Gasteiger partial charge is 0.450 e. The van der Waals surface area contributed by atoms with Crippen LogP contribution in [0.4, 0.5) is 0 Å². The van der Waals surface area contributed by atoms with Crippen LogP contribution in [0.25, 0.3) is 6.08 Å². The molecule has 0 bridgehead atoms. The van der Waals surface area contributed by atoms with Crippen molar-refractivity contribution in [1.29, 1.82) is 5.41 Å². The molecule has 2 aromatic rings. The Morgan fingerprint density at radius 1 is 1.24 bits per heavy atom. The Bertz CT molecular complexity index is 1230. The zero-order valence-electron chi connectivity index (χ0n) is 14.6. The van der Waals surface area contributed by atoms with Crippen LogP contribution in [0.2, 0.25) is 5.02 Å². The van der Waals surface area contributed by atoms with Gasteiger partial charge >= 0.3 is 0 Å². The van der Waals surface area contributed by atoms with Crippen LogP contribution in [0.3, 0.4) is 0 Å². The van der Waals surface area contributed by atoms with Crippen molar-refractivity contribution in [1.82, 2.24) is 5.01 Å². The van der Waals surface area contributed by atoms with Gasteiger partial charge in [-0.15, -0.1) is 5.10 Å². The van der Waals surface area contributed by atoms with Gasteiger partial charge in [0.05, 0.1) is 5.57 Å². The monoisotopic (exact) mass is 466 g/mol. The van der Waals surface area contributed by atoms with E-state index in [1.807, 2.05) is 12.1 Å². The number of hydrazone groups is 1. The standard InChI is InChI=1S/C17H11ClN4O4S3/c1-29(24,25)17-21-22-14(19)12(15(23)20-16(22)28-17)8-10-4-7-13(26-10)27-11-5-2-9(18)3-6-11/h2-8,19H,1H3/b12-8+,19-14?. The number of nitrogens with one attached hydrogen (secondary N) is 1. The van der Waals surface area contributed by atoms with Gasteiger partial charge in [0, 0.05) is 16.2 Å². The quantitative estimate of drug-likeness (QED) is 0.685. The number of thioether (sulfide) groups is 1. The molecule has 12 heteroatoms. The molecular formula is C17H11ClN4O4S3. The lowest BCUT2D eigenvalue weighted by molar-refractivity contribution is -0.114. The number of amides is 1. The summed E-state index contributed by atoms with van der Waals surface area (Å²) in [4.78, 5) is 17.1. The number of amidine groups is 2. The number of hydrogen-bond acceptors (Lipinski definition) is 8. The minimum Gasteiger partial charge on any atom is -0.450 e. The third kappa shape index (κ3) is 4.17. The summed E-state index contributed by atoms with van der Waals surface area (Å²) >= 11 is 7.99. The second-order valence-electron chi connectivity index (χ2n) is 5.87. The number of benzene rings is 1. The van der Waals surface area contributed by atoms with E-state index in [2.05, 4.69) is 10.1 Å². The molecule has 3 heterocycles. The highest BCUT2D eigenvalue weighted by molar-refractivity contribution is 8.42. The van der Waals surface area contributed by atoms with Gasteiger partial charge in [-0.25, -0.2) is 8.42 Å². The summed E-state index contributed by atoms with van der Waals surface area (Å²) in [6.45, 7) is 0. The molecule has 1 aromatic carbocycles. The molecule has 4 rings (SSSR count). The van der Waals surface area contributed by atoms with Crippen LogP contribution < -0.4 is 0 Å². The molecule has 0 saturated heterocycles. The summed E-state index contributed by atoms with van der Waals surface area (Å²) in [5.74, 6) is -0.580. The molecule has 2 aliphatic rings. The summed E-state index contributed by atoms with van der Waals surface area (Å²) in [5.41, 5.74) is -0.0507. The Kier molecular flexibility index (Phi) is 5.15. The molecule has 0 radical (unpaired) electrons. The fourth-order valence-electron chi connectivity index (χ4n) is 2.35. The van der Waals surface area contributed by atoms with E-state index in [0.29, 0.717) is 15.9 Å². The molecule has 0 aliphatic carbocycles. The first kappa shape index (κ1) is 20.0. The van der Waals surface area contributed by atoms with Crippen LogP contribution in [0.5, 0.6) is 0 Å². The Labute approximate surface area is 179 Å². The van der Waals surface area contributed by atoms with Crippen molar-refractivity contribution in [2.24, 2.45) is 10.1 Å². The fraction of sp³-hybridized carbons (Fsp3) is 0.0588. The fourth-order valence-corrected chi connectivity index (χ4v) is 4.94. The van der Waals surface area contributed by atoms with E-state index in [0.717, 1.165) is 27.9 Å². The lowest BCUT2D eigenvalue weighted by Crippen LogP contribution is -2.35. The van der Waals surface area contributed by atoms with Crippen LogP contribution in [0.1, 0.15) is 5.76 Å². The number of rotatable bonds is 3. The second-order valence-corrected chi connectivity index (χ2v) is 10.5. The summed E-state index contributed by atoms with van der Waals surface area (Å²) in [6.07, 6.45) is 2.39. The number of carbonyl (C=O) groups excluding carboxylic acids is 1. The van der Waals surface area contributed by atoms with Crippen molar-refractivity contribution in [2.45, 2.75) is 9.99 Å². The maximum absolute atomic E-state index is 12.3. The Balaban J connectivity index is 1.58. The maximum atomic E-state index is 12.3. The van der Waals surface area contributed by atoms with E-state index < -0.39 is 15.7 Å². The topological polar surface area (TPSA) is 116 Å². The molecule has 0 spiro atoms. The van der Waals surface area contributed by atoms with Crippen LogP contribution >= 0.6 is 35.1 Å². The zero-order chi connectivity index (χ0) is 20.8. The Hall–Kier alpha value is -2.34. The number of hydrogen-bond donors (Lipinski definition) is 1. The van der Waals surface area contributed by atoms with E-state index in [9.17, 15) is 13.2 Å². The second kappa shape index (κ2) is 7.48. The lowest BCUT2D eigenvalue weighted by Gasteiger charge is -2.19. The van der Waals surface area contributed by atoms with Gasteiger partial charge in [-0.3, -0.25) is 10.2 Å². The number of nitrogens with zero attached hydrogens (tertiary/aromatic N) is 3. The van der Waals surface area contributed by atoms with Gasteiger partial charge < -0.3 is 4.42 Å². The number of fused-ring (bicyclic) bond motifs is 1. The lowest BCUT2D eigenvalue weighted by atomic mass is 10.1. The van der Waals surface area contributed by atoms with E-state index in [-0.39, 0.29) is 21.0 Å². The van der Waals surface area contributed by atoms with Crippen molar-refractivity contribution in [2.75, 3.05) is 6.26 Å². The zero-order valence-corrected chi connectivity index (χ0v) is 17.8. The molecular weight excluding hydrogens is 456 g/mol. The van der Waals surface area contributed by atoms with Gasteiger partial charge in [-0.2, -0.15) is 10.0 Å². The van der Waals surface area contributed by atoms with Crippen molar-refractivity contribution < 1.29 is 17.6 Å². The molecule has 148 valence electrons. The molecule has 29 heavy (non-hydrogen) atoms. The van der Waals surface area contributed by atoms with E-state index in [4.69, 9.17) is 21.4 Å². The van der Waals surface area contributed by atoms with Crippen molar-refractivity contribution in [3.05, 3.63) is 52.8 Å². The molecule has 1 N–H and O–H groups in total. The average molecular weight is 467 g/mol. The predicted molar refractivity (Wildman–Crippen MR) is 114 cm³/mol.